The van der Waals surface area contributed by atoms with Gasteiger partial charge >= 0.3 is 0 Å². The number of nitrogens with one attached hydrogen (secondary N) is 1. The molecule has 0 fully saturated rings. The number of hydrogen-bond donors (Lipinski definition) is 1. The lowest BCUT2D eigenvalue weighted by Crippen LogP contribution is -2.28. The first-order valence-electron chi connectivity index (χ1n) is 10.6. The highest BCUT2D eigenvalue weighted by Crippen LogP contribution is 2.24. The molecule has 0 saturated carbocycles. The second-order valence-corrected chi connectivity index (χ2v) is 7.64. The van der Waals surface area contributed by atoms with Gasteiger partial charge in [-0.3, -0.25) is 5.41 Å². The highest BCUT2D eigenvalue weighted by Gasteiger charge is 2.13. The van der Waals surface area contributed by atoms with Crippen molar-refractivity contribution < 1.29 is 0 Å². The molecule has 0 amide bonds. The summed E-state index contributed by atoms with van der Waals surface area (Å²) in [4.78, 5) is 6.52. The third-order valence-corrected chi connectivity index (χ3v) is 5.46. The molecule has 1 aliphatic rings. The van der Waals surface area contributed by atoms with E-state index >= 15 is 0 Å². The highest BCUT2D eigenvalue weighted by molar-refractivity contribution is 6.02. The standard InChI is InChI=1S/C27H31N3/c1-3-4-5-6-11-23-14-9-10-15-26(23)20-30(2)27(29-21-28)25-18-16-24(17-19-25)22-12-7-8-13-22/h3,7-10,12,14-19,21,28H,1,4-6,11,13,20H2,2H3/b28-21?,29-27-. The van der Waals surface area contributed by atoms with Gasteiger partial charge in [-0.05, 0) is 54.4 Å². The Balaban J connectivity index is 1.73. The molecule has 0 aromatic heterocycles. The zero-order valence-electron chi connectivity index (χ0n) is 17.8. The van der Waals surface area contributed by atoms with Gasteiger partial charge in [0, 0.05) is 19.2 Å². The maximum Gasteiger partial charge on any atom is 0.137 e. The topological polar surface area (TPSA) is 39.5 Å². The number of nitrogens with zero attached hydrogens (tertiary/aromatic N) is 2. The summed E-state index contributed by atoms with van der Waals surface area (Å²) in [5.41, 5.74) is 6.31. The first-order valence-corrected chi connectivity index (χ1v) is 10.6. The molecule has 3 nitrogen and oxygen atoms in total. The molecule has 154 valence electrons. The van der Waals surface area contributed by atoms with Crippen molar-refractivity contribution in [3.8, 4) is 0 Å². The molecule has 0 radical (unpaired) electrons. The first-order chi connectivity index (χ1) is 14.7. The summed E-state index contributed by atoms with van der Waals surface area (Å²) in [5.74, 6) is 0.816. The number of aliphatic imine (C=N–C) groups is 1. The molecule has 0 aliphatic heterocycles. The van der Waals surface area contributed by atoms with Crippen LogP contribution in [-0.2, 0) is 13.0 Å². The minimum Gasteiger partial charge on any atom is -0.355 e. The Morgan fingerprint density at radius 1 is 1.10 bits per heavy atom. The van der Waals surface area contributed by atoms with E-state index in [0.29, 0.717) is 0 Å². The van der Waals surface area contributed by atoms with Gasteiger partial charge in [-0.2, -0.15) is 0 Å². The number of aryl methyl sites for hydroxylation is 1. The molecular formula is C27H31N3. The lowest BCUT2D eigenvalue weighted by atomic mass is 10.00. The fraction of sp³-hybridized carbons (Fsp3) is 0.259. The second kappa shape index (κ2) is 11.1. The maximum absolute atomic E-state index is 7.54. The van der Waals surface area contributed by atoms with Crippen LogP contribution in [-0.4, -0.2) is 24.1 Å². The van der Waals surface area contributed by atoms with Crippen LogP contribution in [0.4, 0.5) is 0 Å². The molecule has 1 N–H and O–H groups in total. The zero-order valence-corrected chi connectivity index (χ0v) is 17.8. The van der Waals surface area contributed by atoms with E-state index in [1.807, 2.05) is 13.1 Å². The summed E-state index contributed by atoms with van der Waals surface area (Å²) in [6.07, 6.45) is 15.0. The van der Waals surface area contributed by atoms with E-state index in [2.05, 4.69) is 83.2 Å². The fourth-order valence-electron chi connectivity index (χ4n) is 3.84. The van der Waals surface area contributed by atoms with Crippen molar-refractivity contribution in [3.63, 3.8) is 0 Å². The van der Waals surface area contributed by atoms with Crippen molar-refractivity contribution in [2.24, 2.45) is 4.99 Å². The maximum atomic E-state index is 7.54. The van der Waals surface area contributed by atoms with E-state index in [0.717, 1.165) is 43.5 Å². The van der Waals surface area contributed by atoms with Crippen LogP contribution in [0.25, 0.3) is 5.57 Å². The van der Waals surface area contributed by atoms with Gasteiger partial charge in [-0.1, -0.05) is 72.8 Å². The zero-order chi connectivity index (χ0) is 21.2. The predicted octanol–water partition coefficient (Wildman–Crippen LogP) is 6.41. The van der Waals surface area contributed by atoms with Crippen LogP contribution in [0, 0.1) is 5.41 Å². The molecule has 0 atom stereocenters. The number of allylic oxidation sites excluding steroid dienone is 5. The number of hydrogen-bond acceptors (Lipinski definition) is 1. The van der Waals surface area contributed by atoms with Crippen LogP contribution in [0.2, 0.25) is 0 Å². The molecule has 3 heteroatoms. The Morgan fingerprint density at radius 2 is 1.87 bits per heavy atom. The molecule has 0 spiro atoms. The van der Waals surface area contributed by atoms with E-state index in [1.54, 1.807) is 0 Å². The lowest BCUT2D eigenvalue weighted by Gasteiger charge is -2.23. The lowest BCUT2D eigenvalue weighted by molar-refractivity contribution is 0.499. The fourth-order valence-corrected chi connectivity index (χ4v) is 3.84. The van der Waals surface area contributed by atoms with Crippen LogP contribution in [0.15, 0.2) is 84.4 Å². The third kappa shape index (κ3) is 5.66. The van der Waals surface area contributed by atoms with Crippen molar-refractivity contribution in [1.82, 2.24) is 4.90 Å². The number of unbranched alkanes of at least 4 members (excludes halogenated alkanes) is 2. The summed E-state index contributed by atoms with van der Waals surface area (Å²) >= 11 is 0. The average Bonchev–Trinajstić information content (AvgIpc) is 3.31. The van der Waals surface area contributed by atoms with Gasteiger partial charge in [-0.25, -0.2) is 4.99 Å². The molecule has 0 bridgehead atoms. The van der Waals surface area contributed by atoms with E-state index in [9.17, 15) is 0 Å². The van der Waals surface area contributed by atoms with Gasteiger partial charge in [-0.15, -0.1) is 6.58 Å². The summed E-state index contributed by atoms with van der Waals surface area (Å²) < 4.78 is 0. The minimum absolute atomic E-state index is 0.765. The van der Waals surface area contributed by atoms with Gasteiger partial charge in [0.05, 0.1) is 0 Å². The second-order valence-electron chi connectivity index (χ2n) is 7.64. The highest BCUT2D eigenvalue weighted by atomic mass is 15.2. The van der Waals surface area contributed by atoms with Gasteiger partial charge in [0.2, 0.25) is 0 Å². The molecule has 3 rings (SSSR count). The van der Waals surface area contributed by atoms with Crippen molar-refractivity contribution in [3.05, 3.63) is 102 Å². The molecule has 0 heterocycles. The smallest absolute Gasteiger partial charge is 0.137 e. The van der Waals surface area contributed by atoms with Crippen LogP contribution < -0.4 is 0 Å². The molecule has 2 aromatic carbocycles. The Kier molecular flexibility index (Phi) is 7.96. The van der Waals surface area contributed by atoms with E-state index in [4.69, 9.17) is 5.41 Å². The van der Waals surface area contributed by atoms with E-state index in [1.165, 1.54) is 35.1 Å². The largest absolute Gasteiger partial charge is 0.355 e. The summed E-state index contributed by atoms with van der Waals surface area (Å²) in [7, 11) is 2.05. The van der Waals surface area contributed by atoms with Crippen molar-refractivity contribution in [2.75, 3.05) is 7.05 Å². The first kappa shape index (κ1) is 21.5. The Bertz CT molecular complexity index is 948. The van der Waals surface area contributed by atoms with E-state index in [-0.39, 0.29) is 0 Å². The quantitative estimate of drug-likeness (QED) is 0.214. The van der Waals surface area contributed by atoms with Gasteiger partial charge in [0.1, 0.15) is 12.2 Å². The molecule has 1 aliphatic carbocycles. The number of benzene rings is 2. The molecule has 2 aromatic rings. The van der Waals surface area contributed by atoms with Crippen molar-refractivity contribution >= 4 is 17.7 Å². The van der Waals surface area contributed by atoms with Gasteiger partial charge in [0.15, 0.2) is 0 Å². The molecule has 0 saturated heterocycles. The Hall–Kier alpha value is -3.20. The summed E-state index contributed by atoms with van der Waals surface area (Å²) in [6, 6.07) is 17.1. The predicted molar refractivity (Wildman–Crippen MR) is 129 cm³/mol. The van der Waals surface area contributed by atoms with Crippen LogP contribution >= 0.6 is 0 Å². The van der Waals surface area contributed by atoms with Crippen molar-refractivity contribution in [1.29, 1.82) is 5.41 Å². The minimum atomic E-state index is 0.765. The number of rotatable bonds is 10. The molecule has 30 heavy (non-hydrogen) atoms. The monoisotopic (exact) mass is 397 g/mol. The summed E-state index contributed by atoms with van der Waals surface area (Å²) in [6.45, 7) is 4.58. The normalized spacial score (nSPS) is 13.2. The third-order valence-electron chi connectivity index (χ3n) is 5.46. The Morgan fingerprint density at radius 3 is 2.53 bits per heavy atom. The van der Waals surface area contributed by atoms with Crippen LogP contribution in [0.1, 0.15) is 47.9 Å². The molecular weight excluding hydrogens is 366 g/mol. The van der Waals surface area contributed by atoms with Crippen molar-refractivity contribution in [2.45, 2.75) is 38.6 Å². The van der Waals surface area contributed by atoms with Gasteiger partial charge < -0.3 is 4.90 Å². The SMILES string of the molecule is C=CCCCCc1ccccc1CN(C)/C(=N\C=N)c1ccc(C2=CC=CC2)cc1. The number of amidine groups is 1. The van der Waals surface area contributed by atoms with Crippen LogP contribution in [0.5, 0.6) is 0 Å². The van der Waals surface area contributed by atoms with Crippen LogP contribution in [0.3, 0.4) is 0 Å². The average molecular weight is 398 g/mol. The Labute approximate surface area is 180 Å². The summed E-state index contributed by atoms with van der Waals surface area (Å²) in [5, 5.41) is 7.54. The molecule has 0 unspecified atom stereocenters. The van der Waals surface area contributed by atoms with E-state index < -0.39 is 0 Å². The van der Waals surface area contributed by atoms with Gasteiger partial charge in [0.25, 0.3) is 0 Å².